The molecule has 1 amide bonds. The maximum atomic E-state index is 13.0. The molecule has 0 unspecified atom stereocenters. The average Bonchev–Trinajstić information content (AvgIpc) is 2.42. The van der Waals surface area contributed by atoms with Crippen LogP contribution < -0.4 is 10.2 Å². The van der Waals surface area contributed by atoms with Crippen LogP contribution in [-0.4, -0.2) is 37.7 Å². The molecule has 0 aromatic heterocycles. The van der Waals surface area contributed by atoms with Crippen molar-refractivity contribution >= 4 is 11.6 Å². The number of carbonyl (C=O) groups is 1. The van der Waals surface area contributed by atoms with Crippen LogP contribution in [0.4, 0.5) is 10.1 Å². The Morgan fingerprint density at radius 1 is 1.21 bits per heavy atom. The fourth-order valence-electron chi connectivity index (χ4n) is 2.99. The van der Waals surface area contributed by atoms with Gasteiger partial charge in [0, 0.05) is 5.69 Å². The van der Waals surface area contributed by atoms with E-state index in [1.807, 2.05) is 4.90 Å². The van der Waals surface area contributed by atoms with Crippen LogP contribution in [0.1, 0.15) is 12.8 Å². The highest BCUT2D eigenvalue weighted by Gasteiger charge is 2.44. The molecule has 1 aromatic rings. The van der Waals surface area contributed by atoms with Crippen LogP contribution in [0.2, 0.25) is 0 Å². The van der Waals surface area contributed by atoms with Crippen molar-refractivity contribution in [1.29, 1.82) is 0 Å². The molecule has 4 nitrogen and oxygen atoms in total. The molecule has 0 saturated carbocycles. The van der Waals surface area contributed by atoms with Crippen LogP contribution in [0.5, 0.6) is 0 Å². The van der Waals surface area contributed by atoms with Crippen LogP contribution in [0.25, 0.3) is 0 Å². The van der Waals surface area contributed by atoms with Gasteiger partial charge in [0.25, 0.3) is 5.91 Å². The summed E-state index contributed by atoms with van der Waals surface area (Å²) in [6, 6.07) is 6.13. The van der Waals surface area contributed by atoms with E-state index < -0.39 is 0 Å². The van der Waals surface area contributed by atoms with Gasteiger partial charge in [-0.1, -0.05) is 0 Å². The van der Waals surface area contributed by atoms with Gasteiger partial charge in [-0.25, -0.2) is 4.39 Å². The summed E-state index contributed by atoms with van der Waals surface area (Å²) in [6.07, 6.45) is 1.71. The zero-order chi connectivity index (χ0) is 13.3. The van der Waals surface area contributed by atoms with Crippen LogP contribution in [0.3, 0.4) is 0 Å². The molecule has 5 heteroatoms. The molecule has 0 radical (unpaired) electrons. The second kappa shape index (κ2) is 4.90. The summed E-state index contributed by atoms with van der Waals surface area (Å²) in [5, 5.41) is 3.30. The summed E-state index contributed by atoms with van der Waals surface area (Å²) in [6.45, 7) is 2.40. The Hall–Kier alpha value is -1.46. The number of ether oxygens (including phenoxy) is 1. The number of piperidine rings is 1. The Kier molecular flexibility index (Phi) is 3.24. The first-order valence-corrected chi connectivity index (χ1v) is 6.58. The molecule has 2 aliphatic rings. The first kappa shape index (κ1) is 12.6. The highest BCUT2D eigenvalue weighted by Crippen LogP contribution is 2.34. The summed E-state index contributed by atoms with van der Waals surface area (Å²) < 4.78 is 18.5. The van der Waals surface area contributed by atoms with Gasteiger partial charge in [0.2, 0.25) is 0 Å². The lowest BCUT2D eigenvalue weighted by Crippen LogP contribution is -2.63. The van der Waals surface area contributed by atoms with E-state index in [1.54, 1.807) is 12.1 Å². The Morgan fingerprint density at radius 2 is 1.89 bits per heavy atom. The molecule has 3 rings (SSSR count). The van der Waals surface area contributed by atoms with Gasteiger partial charge in [0.1, 0.15) is 12.4 Å². The number of rotatable bonds is 1. The average molecular weight is 264 g/mol. The molecular weight excluding hydrogens is 247 g/mol. The van der Waals surface area contributed by atoms with E-state index in [0.29, 0.717) is 6.61 Å². The SMILES string of the molecule is O=C1COCC2(CCNCC2)N1c1ccc(F)cc1. The van der Waals surface area contributed by atoms with Crippen LogP contribution in [-0.2, 0) is 9.53 Å². The number of nitrogens with one attached hydrogen (secondary N) is 1. The van der Waals surface area contributed by atoms with Gasteiger partial charge in [-0.15, -0.1) is 0 Å². The normalized spacial score (nSPS) is 22.8. The Labute approximate surface area is 111 Å². The molecule has 19 heavy (non-hydrogen) atoms. The lowest BCUT2D eigenvalue weighted by molar-refractivity contribution is -0.131. The van der Waals surface area contributed by atoms with Crippen molar-refractivity contribution in [1.82, 2.24) is 5.32 Å². The third-order valence-electron chi connectivity index (χ3n) is 3.94. The molecule has 2 heterocycles. The number of hydrogen-bond donors (Lipinski definition) is 1. The quantitative estimate of drug-likeness (QED) is 0.831. The predicted molar refractivity (Wildman–Crippen MR) is 69.5 cm³/mol. The van der Waals surface area contributed by atoms with Crippen molar-refractivity contribution in [2.75, 3.05) is 31.2 Å². The summed E-state index contributed by atoms with van der Waals surface area (Å²) in [4.78, 5) is 14.1. The number of amides is 1. The third kappa shape index (κ3) is 2.24. The minimum atomic E-state index is -0.288. The molecule has 1 N–H and O–H groups in total. The third-order valence-corrected chi connectivity index (χ3v) is 3.94. The summed E-state index contributed by atoms with van der Waals surface area (Å²) in [7, 11) is 0. The number of anilines is 1. The van der Waals surface area contributed by atoms with Crippen LogP contribution in [0.15, 0.2) is 24.3 Å². The maximum absolute atomic E-state index is 13.0. The van der Waals surface area contributed by atoms with E-state index in [9.17, 15) is 9.18 Å². The topological polar surface area (TPSA) is 41.6 Å². The van der Waals surface area contributed by atoms with Gasteiger partial charge in [-0.3, -0.25) is 4.79 Å². The second-order valence-electron chi connectivity index (χ2n) is 5.17. The molecule has 2 saturated heterocycles. The van der Waals surface area contributed by atoms with Crippen molar-refractivity contribution < 1.29 is 13.9 Å². The lowest BCUT2D eigenvalue weighted by Gasteiger charge is -2.49. The monoisotopic (exact) mass is 264 g/mol. The van der Waals surface area contributed by atoms with Crippen molar-refractivity contribution in [3.05, 3.63) is 30.1 Å². The van der Waals surface area contributed by atoms with Gasteiger partial charge < -0.3 is 15.0 Å². The van der Waals surface area contributed by atoms with E-state index in [2.05, 4.69) is 5.32 Å². The second-order valence-corrected chi connectivity index (χ2v) is 5.17. The van der Waals surface area contributed by atoms with E-state index in [1.165, 1.54) is 12.1 Å². The van der Waals surface area contributed by atoms with Gasteiger partial charge in [0.15, 0.2) is 0 Å². The van der Waals surface area contributed by atoms with Crippen molar-refractivity contribution in [3.63, 3.8) is 0 Å². The Morgan fingerprint density at radius 3 is 2.58 bits per heavy atom. The van der Waals surface area contributed by atoms with Crippen molar-refractivity contribution in [2.45, 2.75) is 18.4 Å². The minimum absolute atomic E-state index is 0.0419. The van der Waals surface area contributed by atoms with E-state index >= 15 is 0 Å². The largest absolute Gasteiger partial charge is 0.369 e. The number of carbonyl (C=O) groups excluding carboxylic acids is 1. The highest BCUT2D eigenvalue weighted by atomic mass is 19.1. The zero-order valence-corrected chi connectivity index (χ0v) is 10.7. The van der Waals surface area contributed by atoms with E-state index in [-0.39, 0.29) is 23.9 Å². The van der Waals surface area contributed by atoms with Crippen molar-refractivity contribution in [2.24, 2.45) is 0 Å². The molecule has 1 aromatic carbocycles. The number of halogens is 1. The summed E-state index contributed by atoms with van der Waals surface area (Å²) >= 11 is 0. The zero-order valence-electron chi connectivity index (χ0n) is 10.7. The number of morpholine rings is 1. The molecule has 2 aliphatic heterocycles. The fraction of sp³-hybridized carbons (Fsp3) is 0.500. The molecule has 0 atom stereocenters. The molecule has 1 spiro atoms. The van der Waals surface area contributed by atoms with Crippen LogP contribution >= 0.6 is 0 Å². The molecule has 0 aliphatic carbocycles. The van der Waals surface area contributed by atoms with Gasteiger partial charge in [-0.05, 0) is 50.2 Å². The molecule has 2 fully saturated rings. The van der Waals surface area contributed by atoms with E-state index in [4.69, 9.17) is 4.74 Å². The molecular formula is C14H17FN2O2. The highest BCUT2D eigenvalue weighted by molar-refractivity contribution is 5.96. The van der Waals surface area contributed by atoms with Crippen molar-refractivity contribution in [3.8, 4) is 0 Å². The smallest absolute Gasteiger partial charge is 0.253 e. The van der Waals surface area contributed by atoms with Crippen LogP contribution in [0, 0.1) is 5.82 Å². The van der Waals surface area contributed by atoms with Gasteiger partial charge >= 0.3 is 0 Å². The Balaban J connectivity index is 1.97. The van der Waals surface area contributed by atoms with Gasteiger partial charge in [-0.2, -0.15) is 0 Å². The van der Waals surface area contributed by atoms with E-state index in [0.717, 1.165) is 31.6 Å². The molecule has 102 valence electrons. The predicted octanol–water partition coefficient (Wildman–Crippen LogP) is 1.31. The maximum Gasteiger partial charge on any atom is 0.253 e. The van der Waals surface area contributed by atoms with Gasteiger partial charge in [0.05, 0.1) is 12.1 Å². The molecule has 0 bridgehead atoms. The fourth-order valence-corrected chi connectivity index (χ4v) is 2.99. The number of nitrogens with zero attached hydrogens (tertiary/aromatic N) is 1. The lowest BCUT2D eigenvalue weighted by atomic mass is 9.85. The first-order valence-electron chi connectivity index (χ1n) is 6.58. The summed E-state index contributed by atoms with van der Waals surface area (Å²) in [5.74, 6) is -0.330. The first-order chi connectivity index (χ1) is 9.21. The number of benzene rings is 1. The summed E-state index contributed by atoms with van der Waals surface area (Å²) in [5.41, 5.74) is 0.481. The number of hydrogen-bond acceptors (Lipinski definition) is 3. The Bertz CT molecular complexity index is 463. The minimum Gasteiger partial charge on any atom is -0.369 e. The standard InChI is InChI=1S/C14H17FN2O2/c15-11-1-3-12(4-2-11)17-13(18)9-19-10-14(17)5-7-16-8-6-14/h1-4,16H,5-10H2.